The van der Waals surface area contributed by atoms with Crippen molar-refractivity contribution in [3.63, 3.8) is 0 Å². The number of ether oxygens (including phenoxy) is 2. The Hall–Kier alpha value is -2.29. The summed E-state index contributed by atoms with van der Waals surface area (Å²) in [7, 11) is -3.64. The molecular formula is C20H21ClN2O5S. The minimum absolute atomic E-state index is 0.0626. The topological polar surface area (TPSA) is 84.9 Å². The Kier molecular flexibility index (Phi) is 5.67. The summed E-state index contributed by atoms with van der Waals surface area (Å²) in [5.74, 6) is 0.678. The maximum atomic E-state index is 12.8. The maximum absolute atomic E-state index is 12.8. The van der Waals surface area contributed by atoms with Gasteiger partial charge in [0.05, 0.1) is 28.7 Å². The molecule has 1 saturated heterocycles. The number of fused-ring (bicyclic) bond motifs is 1. The number of rotatable bonds is 4. The second kappa shape index (κ2) is 8.22. The zero-order valence-electron chi connectivity index (χ0n) is 15.7. The van der Waals surface area contributed by atoms with E-state index in [9.17, 15) is 13.2 Å². The average Bonchev–Trinajstić information content (AvgIpc) is 3.15. The molecule has 0 aliphatic carbocycles. The maximum Gasteiger partial charge on any atom is 0.257 e. The first-order chi connectivity index (χ1) is 13.9. The molecule has 0 radical (unpaired) electrons. The van der Waals surface area contributed by atoms with E-state index in [2.05, 4.69) is 5.32 Å². The van der Waals surface area contributed by atoms with Crippen LogP contribution in [0.5, 0.6) is 11.5 Å². The predicted molar refractivity (Wildman–Crippen MR) is 109 cm³/mol. The largest absolute Gasteiger partial charge is 0.490 e. The van der Waals surface area contributed by atoms with Crippen LogP contribution in [-0.2, 0) is 10.0 Å². The fourth-order valence-corrected chi connectivity index (χ4v) is 5.10. The van der Waals surface area contributed by atoms with Gasteiger partial charge < -0.3 is 14.8 Å². The summed E-state index contributed by atoms with van der Waals surface area (Å²) in [6.45, 7) is 2.09. The number of nitrogens with zero attached hydrogens (tertiary/aromatic N) is 1. The van der Waals surface area contributed by atoms with Crippen molar-refractivity contribution in [1.29, 1.82) is 0 Å². The highest BCUT2D eigenvalue weighted by atomic mass is 35.5. The summed E-state index contributed by atoms with van der Waals surface area (Å²) in [6, 6.07) is 9.30. The van der Waals surface area contributed by atoms with Crippen LogP contribution >= 0.6 is 11.6 Å². The monoisotopic (exact) mass is 436 g/mol. The predicted octanol–water partition coefficient (Wildman–Crippen LogP) is 3.54. The van der Waals surface area contributed by atoms with E-state index in [1.807, 2.05) is 0 Å². The third-order valence-electron chi connectivity index (χ3n) is 4.89. The number of amides is 1. The smallest absolute Gasteiger partial charge is 0.257 e. The van der Waals surface area contributed by atoms with E-state index in [-0.39, 0.29) is 15.5 Å². The van der Waals surface area contributed by atoms with Crippen LogP contribution in [-0.4, -0.2) is 44.9 Å². The lowest BCUT2D eigenvalue weighted by Crippen LogP contribution is -2.28. The Morgan fingerprint density at radius 3 is 2.45 bits per heavy atom. The highest BCUT2D eigenvalue weighted by molar-refractivity contribution is 7.89. The summed E-state index contributed by atoms with van der Waals surface area (Å²) in [5.41, 5.74) is 0.599. The van der Waals surface area contributed by atoms with Gasteiger partial charge in [-0.25, -0.2) is 8.42 Å². The van der Waals surface area contributed by atoms with Crippen molar-refractivity contribution in [1.82, 2.24) is 4.31 Å². The van der Waals surface area contributed by atoms with E-state index in [0.29, 0.717) is 43.5 Å². The number of carbonyl (C=O) groups is 1. The lowest BCUT2D eigenvalue weighted by atomic mass is 10.2. The Labute approximate surface area is 174 Å². The molecule has 0 aromatic heterocycles. The Morgan fingerprint density at radius 1 is 0.966 bits per heavy atom. The van der Waals surface area contributed by atoms with Gasteiger partial charge in [0.15, 0.2) is 11.5 Å². The number of sulfonamides is 1. The molecule has 0 unspecified atom stereocenters. The molecule has 2 aromatic carbocycles. The number of benzene rings is 2. The van der Waals surface area contributed by atoms with Crippen molar-refractivity contribution in [2.24, 2.45) is 0 Å². The summed E-state index contributed by atoms with van der Waals surface area (Å²) in [5, 5.41) is 2.93. The molecule has 2 aromatic rings. The quantitative estimate of drug-likeness (QED) is 0.792. The van der Waals surface area contributed by atoms with Gasteiger partial charge in [-0.1, -0.05) is 11.6 Å². The Bertz CT molecular complexity index is 1040. The molecule has 1 fully saturated rings. The molecular weight excluding hydrogens is 416 g/mol. The highest BCUT2D eigenvalue weighted by Crippen LogP contribution is 2.33. The number of hydrogen-bond acceptors (Lipinski definition) is 5. The zero-order valence-corrected chi connectivity index (χ0v) is 17.3. The van der Waals surface area contributed by atoms with Gasteiger partial charge in [0.2, 0.25) is 10.0 Å². The summed E-state index contributed by atoms with van der Waals surface area (Å²) in [4.78, 5) is 12.9. The summed E-state index contributed by atoms with van der Waals surface area (Å²) >= 11 is 6.19. The normalized spacial score (nSPS) is 17.0. The SMILES string of the molecule is O=C(Nc1ccc2c(c1)OCCCO2)c1cc(S(=O)(=O)N2CCCC2)ccc1Cl. The van der Waals surface area contributed by atoms with E-state index in [1.165, 1.54) is 22.5 Å². The van der Waals surface area contributed by atoms with Crippen LogP contribution in [0, 0.1) is 0 Å². The molecule has 1 amide bonds. The molecule has 9 heteroatoms. The molecule has 7 nitrogen and oxygen atoms in total. The highest BCUT2D eigenvalue weighted by Gasteiger charge is 2.28. The molecule has 2 aliphatic rings. The molecule has 4 rings (SSSR count). The van der Waals surface area contributed by atoms with Crippen molar-refractivity contribution in [2.75, 3.05) is 31.6 Å². The van der Waals surface area contributed by atoms with E-state index in [4.69, 9.17) is 21.1 Å². The molecule has 2 aliphatic heterocycles. The first kappa shape index (κ1) is 20.0. The van der Waals surface area contributed by atoms with Gasteiger partial charge in [0.1, 0.15) is 0 Å². The fourth-order valence-electron chi connectivity index (χ4n) is 3.36. The van der Waals surface area contributed by atoms with Crippen LogP contribution < -0.4 is 14.8 Å². The van der Waals surface area contributed by atoms with Crippen LogP contribution in [0.3, 0.4) is 0 Å². The van der Waals surface area contributed by atoms with Crippen LogP contribution in [0.25, 0.3) is 0 Å². The lowest BCUT2D eigenvalue weighted by Gasteiger charge is -2.16. The van der Waals surface area contributed by atoms with Crippen molar-refractivity contribution < 1.29 is 22.7 Å². The van der Waals surface area contributed by atoms with Gasteiger partial charge in [0, 0.05) is 31.3 Å². The number of nitrogens with one attached hydrogen (secondary N) is 1. The second-order valence-corrected chi connectivity index (χ2v) is 9.26. The Morgan fingerprint density at radius 2 is 1.69 bits per heavy atom. The molecule has 154 valence electrons. The van der Waals surface area contributed by atoms with E-state index >= 15 is 0 Å². The van der Waals surface area contributed by atoms with Gasteiger partial charge in [-0.2, -0.15) is 4.31 Å². The van der Waals surface area contributed by atoms with Gasteiger partial charge in [-0.05, 0) is 43.2 Å². The second-order valence-electron chi connectivity index (χ2n) is 6.92. The van der Waals surface area contributed by atoms with E-state index in [1.54, 1.807) is 18.2 Å². The standard InChI is InChI=1S/C20H21ClN2O5S/c21-17-6-5-15(29(25,26)23-8-1-2-9-23)13-16(17)20(24)22-14-4-7-18-19(12-14)28-11-3-10-27-18/h4-7,12-13H,1-3,8-11H2,(H,22,24). The third kappa shape index (κ3) is 4.19. The van der Waals surface area contributed by atoms with E-state index < -0.39 is 15.9 Å². The Balaban J connectivity index is 1.58. The van der Waals surface area contributed by atoms with Crippen molar-refractivity contribution in [3.05, 3.63) is 47.0 Å². The van der Waals surface area contributed by atoms with Crippen molar-refractivity contribution >= 4 is 33.2 Å². The molecule has 29 heavy (non-hydrogen) atoms. The number of halogens is 1. The molecule has 0 spiro atoms. The van der Waals surface area contributed by atoms with Crippen molar-refractivity contribution in [2.45, 2.75) is 24.2 Å². The van der Waals surface area contributed by atoms with Gasteiger partial charge in [-0.3, -0.25) is 4.79 Å². The molecule has 0 bridgehead atoms. The summed E-state index contributed by atoms with van der Waals surface area (Å²) < 4.78 is 38.2. The van der Waals surface area contributed by atoms with Crippen LogP contribution in [0.4, 0.5) is 5.69 Å². The fraction of sp³-hybridized carbons (Fsp3) is 0.350. The number of carbonyl (C=O) groups excluding carboxylic acids is 1. The molecule has 1 N–H and O–H groups in total. The average molecular weight is 437 g/mol. The zero-order chi connectivity index (χ0) is 20.4. The van der Waals surface area contributed by atoms with Crippen molar-refractivity contribution in [3.8, 4) is 11.5 Å². The van der Waals surface area contributed by atoms with Gasteiger partial charge in [0.25, 0.3) is 5.91 Å². The molecule has 2 heterocycles. The van der Waals surface area contributed by atoms with Gasteiger partial charge >= 0.3 is 0 Å². The van der Waals surface area contributed by atoms with Crippen LogP contribution in [0.2, 0.25) is 5.02 Å². The first-order valence-electron chi connectivity index (χ1n) is 9.46. The molecule has 0 atom stereocenters. The van der Waals surface area contributed by atoms with Crippen LogP contribution in [0.15, 0.2) is 41.3 Å². The minimum atomic E-state index is -3.64. The lowest BCUT2D eigenvalue weighted by molar-refractivity contribution is 0.102. The number of anilines is 1. The number of hydrogen-bond donors (Lipinski definition) is 1. The third-order valence-corrected chi connectivity index (χ3v) is 7.11. The van der Waals surface area contributed by atoms with Gasteiger partial charge in [-0.15, -0.1) is 0 Å². The van der Waals surface area contributed by atoms with E-state index in [0.717, 1.165) is 19.3 Å². The minimum Gasteiger partial charge on any atom is -0.490 e. The first-order valence-corrected chi connectivity index (χ1v) is 11.3. The van der Waals surface area contributed by atoms with Crippen LogP contribution in [0.1, 0.15) is 29.6 Å². The molecule has 0 saturated carbocycles. The summed E-state index contributed by atoms with van der Waals surface area (Å²) in [6.07, 6.45) is 2.46.